The summed E-state index contributed by atoms with van der Waals surface area (Å²) in [5.74, 6) is 0. The van der Waals surface area contributed by atoms with Crippen LogP contribution in [0.15, 0.2) is 114 Å². The fraction of sp³-hybridized carbons (Fsp3) is 0.0256. The van der Waals surface area contributed by atoms with E-state index in [4.69, 9.17) is 14.4 Å². The van der Waals surface area contributed by atoms with Gasteiger partial charge in [0.25, 0.3) is 0 Å². The Morgan fingerprint density at radius 3 is 2.25 bits per heavy atom. The molecule has 10 rings (SSSR count). The summed E-state index contributed by atoms with van der Waals surface area (Å²) in [6.07, 6.45) is 0. The number of benzene rings is 5. The standard InChI is InChI=1S/C39H23N3OS/c1-21-28-19-23(24-15-17-26-25-9-3-7-13-32(25)43-33(26)20-24)16-18-31(28)42-38(21)36(35-22(2)44-34-14-8-4-10-27(34)35)37-39(42)41-30-12-6-5-11-29(30)40-37/h3-20H,2H2,1H3/b36-35+. The van der Waals surface area contributed by atoms with E-state index in [2.05, 4.69) is 90.7 Å². The molecule has 0 amide bonds. The molecule has 5 aromatic heterocycles. The number of aromatic nitrogens is 3. The van der Waals surface area contributed by atoms with Gasteiger partial charge in [-0.2, -0.15) is 0 Å². The summed E-state index contributed by atoms with van der Waals surface area (Å²) in [5, 5.41) is 6.95. The lowest BCUT2D eigenvalue weighted by Gasteiger charge is -2.04. The van der Waals surface area contributed by atoms with Crippen LogP contribution in [0.5, 0.6) is 0 Å². The quantitative estimate of drug-likeness (QED) is 0.194. The Balaban J connectivity index is 1.35. The number of nitrogens with zero attached hydrogens (tertiary/aromatic N) is 3. The fourth-order valence-electron chi connectivity index (χ4n) is 7.08. The lowest BCUT2D eigenvalue weighted by atomic mass is 10.0. The minimum Gasteiger partial charge on any atom is -0.456 e. The third kappa shape index (κ3) is 3.11. The third-order valence-electron chi connectivity index (χ3n) is 9.09. The largest absolute Gasteiger partial charge is 0.456 e. The highest BCUT2D eigenvalue weighted by Gasteiger charge is 2.21. The number of rotatable bonds is 1. The molecule has 0 radical (unpaired) electrons. The van der Waals surface area contributed by atoms with E-state index in [9.17, 15) is 0 Å². The minimum absolute atomic E-state index is 0.873. The second-order valence-corrected chi connectivity index (χ2v) is 12.6. The van der Waals surface area contributed by atoms with Gasteiger partial charge in [0.2, 0.25) is 0 Å². The van der Waals surface area contributed by atoms with E-state index in [1.54, 1.807) is 11.3 Å². The van der Waals surface area contributed by atoms with Crippen LogP contribution in [-0.2, 0) is 0 Å². The molecule has 5 heterocycles. The van der Waals surface area contributed by atoms with Crippen LogP contribution in [0.25, 0.3) is 88.3 Å². The van der Waals surface area contributed by atoms with Gasteiger partial charge < -0.3 is 4.42 Å². The van der Waals surface area contributed by atoms with Crippen molar-refractivity contribution in [2.24, 2.45) is 0 Å². The number of thiophene rings is 1. The molecule has 0 fully saturated rings. The first-order valence-electron chi connectivity index (χ1n) is 14.7. The van der Waals surface area contributed by atoms with Gasteiger partial charge in [0.15, 0.2) is 5.65 Å². The second-order valence-electron chi connectivity index (χ2n) is 11.5. The van der Waals surface area contributed by atoms with Crippen molar-refractivity contribution < 1.29 is 4.42 Å². The number of hydrogen-bond donors (Lipinski definition) is 0. The Morgan fingerprint density at radius 1 is 0.659 bits per heavy atom. The topological polar surface area (TPSA) is 43.3 Å². The molecular formula is C39H23N3OS. The van der Waals surface area contributed by atoms with Crippen LogP contribution < -0.4 is 4.53 Å². The van der Waals surface area contributed by atoms with E-state index < -0.39 is 0 Å². The zero-order valence-corrected chi connectivity index (χ0v) is 24.6. The minimum atomic E-state index is 0.873. The highest BCUT2D eigenvalue weighted by atomic mass is 32.1. The maximum Gasteiger partial charge on any atom is 0.165 e. The van der Waals surface area contributed by atoms with Gasteiger partial charge in [-0.3, -0.25) is 4.40 Å². The molecule has 0 saturated carbocycles. The molecule has 5 heteroatoms. The van der Waals surface area contributed by atoms with Gasteiger partial charge in [-0.25, -0.2) is 9.97 Å². The first-order chi connectivity index (χ1) is 21.6. The van der Waals surface area contributed by atoms with Crippen molar-refractivity contribution in [3.8, 4) is 11.1 Å². The lowest BCUT2D eigenvalue weighted by Crippen LogP contribution is -1.92. The summed E-state index contributed by atoms with van der Waals surface area (Å²) < 4.78 is 10.8. The Morgan fingerprint density at radius 2 is 1.36 bits per heavy atom. The van der Waals surface area contributed by atoms with E-state index in [0.717, 1.165) is 81.3 Å². The average molecular weight is 582 g/mol. The van der Waals surface area contributed by atoms with Gasteiger partial charge in [-0.05, 0) is 72.1 Å². The van der Waals surface area contributed by atoms with E-state index in [0.29, 0.717) is 0 Å². The monoisotopic (exact) mass is 581 g/mol. The average Bonchev–Trinajstić information content (AvgIpc) is 3.77. The maximum atomic E-state index is 6.22. The smallest absolute Gasteiger partial charge is 0.165 e. The second kappa shape index (κ2) is 8.53. The van der Waals surface area contributed by atoms with E-state index in [-0.39, 0.29) is 0 Å². The third-order valence-corrected chi connectivity index (χ3v) is 10.1. The Hall–Kier alpha value is -5.52. The molecule has 0 bridgehead atoms. The summed E-state index contributed by atoms with van der Waals surface area (Å²) >= 11 is 1.73. The van der Waals surface area contributed by atoms with Crippen molar-refractivity contribution in [1.82, 2.24) is 14.4 Å². The van der Waals surface area contributed by atoms with E-state index in [1.807, 2.05) is 36.4 Å². The highest BCUT2D eigenvalue weighted by molar-refractivity contribution is 7.17. The predicted molar refractivity (Wildman–Crippen MR) is 183 cm³/mol. The van der Waals surface area contributed by atoms with Gasteiger partial charge in [-0.15, -0.1) is 11.3 Å². The van der Waals surface area contributed by atoms with Crippen molar-refractivity contribution in [3.63, 3.8) is 0 Å². The van der Waals surface area contributed by atoms with Crippen LogP contribution in [-0.4, -0.2) is 14.4 Å². The van der Waals surface area contributed by atoms with Crippen molar-refractivity contribution in [2.45, 2.75) is 6.92 Å². The Kier molecular flexibility index (Phi) is 4.65. The summed E-state index contributed by atoms with van der Waals surface area (Å²) in [7, 11) is 0. The van der Waals surface area contributed by atoms with Crippen LogP contribution in [0, 0.1) is 17.4 Å². The van der Waals surface area contributed by atoms with Gasteiger partial charge in [0, 0.05) is 41.2 Å². The SMILES string of the molecule is C=c1sc2ccccc2/c1=c1\c2nc3ccccc3nc2n2c1c(C)c1cc(-c3ccc4c(c3)oc3ccccc34)ccc12. The number of para-hydroxylation sites is 3. The number of furan rings is 1. The summed E-state index contributed by atoms with van der Waals surface area (Å²) in [4.78, 5) is 10.5. The van der Waals surface area contributed by atoms with Crippen molar-refractivity contribution in [2.75, 3.05) is 0 Å². The molecule has 0 saturated heterocycles. The summed E-state index contributed by atoms with van der Waals surface area (Å²) in [6, 6.07) is 38.2. The van der Waals surface area contributed by atoms with Gasteiger partial charge >= 0.3 is 0 Å². The van der Waals surface area contributed by atoms with Crippen LogP contribution in [0.3, 0.4) is 0 Å². The van der Waals surface area contributed by atoms with Crippen molar-refractivity contribution in [1.29, 1.82) is 0 Å². The molecule has 206 valence electrons. The number of hydrogen-bond acceptors (Lipinski definition) is 4. The fourth-order valence-corrected chi connectivity index (χ4v) is 8.09. The molecular weight excluding hydrogens is 559 g/mol. The molecule has 4 nitrogen and oxygen atoms in total. The molecule has 0 aliphatic heterocycles. The molecule has 0 N–H and O–H groups in total. The molecule has 44 heavy (non-hydrogen) atoms. The van der Waals surface area contributed by atoms with E-state index in [1.165, 1.54) is 21.0 Å². The number of aryl methyl sites for hydroxylation is 1. The van der Waals surface area contributed by atoms with Crippen LogP contribution >= 0.6 is 11.3 Å². The van der Waals surface area contributed by atoms with Crippen LogP contribution in [0.2, 0.25) is 0 Å². The van der Waals surface area contributed by atoms with Gasteiger partial charge in [0.1, 0.15) is 16.7 Å². The van der Waals surface area contributed by atoms with Crippen molar-refractivity contribution >= 4 is 88.6 Å². The molecule has 0 atom stereocenters. The Labute approximate surface area is 254 Å². The van der Waals surface area contributed by atoms with Crippen LogP contribution in [0.1, 0.15) is 5.56 Å². The molecule has 0 aliphatic rings. The van der Waals surface area contributed by atoms with Crippen molar-refractivity contribution in [3.05, 3.63) is 130 Å². The predicted octanol–water partition coefficient (Wildman–Crippen LogP) is 9.69. The zero-order valence-electron chi connectivity index (χ0n) is 23.8. The number of fused-ring (bicyclic) bond motifs is 10. The first-order valence-corrected chi connectivity index (χ1v) is 15.5. The molecule has 0 spiro atoms. The summed E-state index contributed by atoms with van der Waals surface area (Å²) in [5.41, 5.74) is 11.1. The molecule has 5 aromatic carbocycles. The van der Waals surface area contributed by atoms with Crippen LogP contribution in [0.4, 0.5) is 0 Å². The van der Waals surface area contributed by atoms with Gasteiger partial charge in [0.05, 0.1) is 22.1 Å². The highest BCUT2D eigenvalue weighted by Crippen LogP contribution is 2.38. The first kappa shape index (κ1) is 24.0. The summed E-state index contributed by atoms with van der Waals surface area (Å²) in [6.45, 7) is 6.75. The molecule has 0 unspecified atom stereocenters. The maximum absolute atomic E-state index is 6.22. The normalized spacial score (nSPS) is 13.1. The van der Waals surface area contributed by atoms with Gasteiger partial charge in [-0.1, -0.05) is 67.2 Å². The zero-order chi connectivity index (χ0) is 29.1. The lowest BCUT2D eigenvalue weighted by molar-refractivity contribution is 0.669. The Bertz CT molecular complexity index is 2980. The molecule has 0 aliphatic carbocycles. The van der Waals surface area contributed by atoms with E-state index >= 15 is 0 Å². The molecule has 10 aromatic rings.